The van der Waals surface area contributed by atoms with Crippen LogP contribution in [0.4, 0.5) is 0 Å². The smallest absolute Gasteiger partial charge is 0.373 e. The number of ketones is 1. The first kappa shape index (κ1) is 22.3. The van der Waals surface area contributed by atoms with Gasteiger partial charge in [0, 0.05) is 13.5 Å². The van der Waals surface area contributed by atoms with Gasteiger partial charge in [0.1, 0.15) is 0 Å². The Hall–Kier alpha value is -0.663. The molecular weight excluding hydrogens is 339 g/mol. The van der Waals surface area contributed by atoms with Crippen LogP contribution in [0.25, 0.3) is 0 Å². The highest BCUT2D eigenvalue weighted by Crippen LogP contribution is 2.38. The van der Waals surface area contributed by atoms with E-state index in [1.165, 1.54) is 14.2 Å². The van der Waals surface area contributed by atoms with Crippen molar-refractivity contribution in [2.75, 3.05) is 20.4 Å². The molecule has 0 fully saturated rings. The van der Waals surface area contributed by atoms with E-state index in [1.54, 1.807) is 0 Å². The number of rotatable bonds is 10. The molecule has 2 unspecified atom stereocenters. The first-order valence-corrected chi connectivity index (χ1v) is 11.3. The number of ether oxygens (including phenoxy) is 1. The molecule has 0 aliphatic rings. The van der Waals surface area contributed by atoms with E-state index in [4.69, 9.17) is 9.16 Å². The zero-order chi connectivity index (χ0) is 18.3. The Labute approximate surface area is 140 Å². The number of hydrogen-bond acceptors (Lipinski definition) is 7. The van der Waals surface area contributed by atoms with E-state index in [9.17, 15) is 14.2 Å². The fraction of sp³-hybridized carbons (Fsp3) is 0.857. The van der Waals surface area contributed by atoms with E-state index in [1.807, 2.05) is 33.9 Å². The van der Waals surface area contributed by atoms with Crippen LogP contribution in [0.3, 0.4) is 0 Å². The quantitative estimate of drug-likeness (QED) is 0.254. The van der Waals surface area contributed by atoms with Crippen molar-refractivity contribution in [1.29, 1.82) is 0 Å². The van der Waals surface area contributed by atoms with Crippen LogP contribution in [0.5, 0.6) is 0 Å². The average molecular weight is 367 g/mol. The summed E-state index contributed by atoms with van der Waals surface area (Å²) >= 11 is 0. The Kier molecular flexibility index (Phi) is 9.31. The van der Waals surface area contributed by atoms with Crippen LogP contribution in [-0.4, -0.2) is 52.7 Å². The molecular formula is C14H28O7PSi+. The first-order valence-electron chi connectivity index (χ1n) is 7.32. The predicted molar refractivity (Wildman–Crippen MR) is 89.5 cm³/mol. The molecule has 0 aliphatic heterocycles. The maximum Gasteiger partial charge on any atom is 0.373 e. The third kappa shape index (κ3) is 7.18. The van der Waals surface area contributed by atoms with Crippen LogP contribution in [0.15, 0.2) is 0 Å². The minimum atomic E-state index is -2.26. The van der Waals surface area contributed by atoms with Crippen LogP contribution in [0.2, 0.25) is 18.1 Å². The SMILES string of the molecule is COOC(=O)C(OC)[C@@H](CC(=O)C[PH+]=O)O[Si](C)(C)C(C)(C)C. The summed E-state index contributed by atoms with van der Waals surface area (Å²) in [5, 5.41) is -0.113. The highest BCUT2D eigenvalue weighted by atomic mass is 31.1. The van der Waals surface area contributed by atoms with Crippen LogP contribution >= 0.6 is 8.46 Å². The summed E-state index contributed by atoms with van der Waals surface area (Å²) in [6, 6.07) is 0. The minimum absolute atomic E-state index is 0.0704. The van der Waals surface area contributed by atoms with Crippen molar-refractivity contribution in [2.24, 2.45) is 0 Å². The first-order chi connectivity index (χ1) is 10.5. The number of carbonyl (C=O) groups is 2. The van der Waals surface area contributed by atoms with Gasteiger partial charge in [-0.1, -0.05) is 25.3 Å². The van der Waals surface area contributed by atoms with Crippen molar-refractivity contribution in [2.45, 2.75) is 57.5 Å². The summed E-state index contributed by atoms with van der Waals surface area (Å²) in [4.78, 5) is 32.8. The Morgan fingerprint density at radius 2 is 1.74 bits per heavy atom. The lowest BCUT2D eigenvalue weighted by atomic mass is 10.1. The molecule has 0 aromatic heterocycles. The monoisotopic (exact) mass is 367 g/mol. The third-order valence-corrected chi connectivity index (χ3v) is 8.98. The van der Waals surface area contributed by atoms with Gasteiger partial charge in [-0.2, -0.15) is 4.89 Å². The van der Waals surface area contributed by atoms with Gasteiger partial charge in [-0.3, -0.25) is 9.68 Å². The fourth-order valence-corrected chi connectivity index (χ4v) is 3.29. The van der Waals surface area contributed by atoms with Gasteiger partial charge in [0.25, 0.3) is 0 Å². The van der Waals surface area contributed by atoms with Gasteiger partial charge in [-0.25, -0.2) is 4.79 Å². The number of hydrogen-bond donors (Lipinski definition) is 0. The largest absolute Gasteiger partial charge is 0.410 e. The Bertz CT molecular complexity index is 420. The highest BCUT2D eigenvalue weighted by molar-refractivity contribution is 7.25. The van der Waals surface area contributed by atoms with E-state index in [2.05, 4.69) is 9.78 Å². The summed E-state index contributed by atoms with van der Waals surface area (Å²) in [6.45, 7) is 10.2. The molecule has 0 saturated carbocycles. The number of Topliss-reactive ketones (excluding diaryl/α,β-unsaturated/α-hetero) is 1. The second-order valence-corrected chi connectivity index (χ2v) is 12.1. The summed E-state index contributed by atoms with van der Waals surface area (Å²) in [5.74, 6) is -1.02. The van der Waals surface area contributed by atoms with Crippen LogP contribution < -0.4 is 0 Å². The van der Waals surface area contributed by atoms with Crippen molar-refractivity contribution in [3.63, 3.8) is 0 Å². The molecule has 3 atom stereocenters. The number of methoxy groups -OCH3 is 1. The second kappa shape index (κ2) is 9.59. The molecule has 9 heteroatoms. The van der Waals surface area contributed by atoms with Crippen molar-refractivity contribution in [1.82, 2.24) is 0 Å². The molecule has 0 rings (SSSR count). The third-order valence-electron chi connectivity index (χ3n) is 3.94. The van der Waals surface area contributed by atoms with Crippen molar-refractivity contribution >= 4 is 28.5 Å². The molecule has 0 spiro atoms. The van der Waals surface area contributed by atoms with Gasteiger partial charge in [0.15, 0.2) is 20.2 Å². The lowest BCUT2D eigenvalue weighted by Gasteiger charge is -2.40. The maximum atomic E-state index is 12.0. The average Bonchev–Trinajstić information content (AvgIpc) is 2.38. The Morgan fingerprint density at radius 3 is 2.13 bits per heavy atom. The molecule has 0 aromatic rings. The van der Waals surface area contributed by atoms with E-state index >= 15 is 0 Å². The highest BCUT2D eigenvalue weighted by Gasteiger charge is 2.43. The van der Waals surface area contributed by atoms with Gasteiger partial charge in [-0.15, -0.1) is 0 Å². The molecule has 0 radical (unpaired) electrons. The van der Waals surface area contributed by atoms with E-state index in [0.29, 0.717) is 0 Å². The summed E-state index contributed by atoms with van der Waals surface area (Å²) in [6.07, 6.45) is -2.05. The van der Waals surface area contributed by atoms with Crippen LogP contribution in [0, 0.1) is 0 Å². The lowest BCUT2D eigenvalue weighted by molar-refractivity contribution is -0.265. The normalized spacial score (nSPS) is 15.3. The summed E-state index contributed by atoms with van der Waals surface area (Å²) < 4.78 is 22.0. The van der Waals surface area contributed by atoms with Crippen molar-refractivity contribution < 1.29 is 33.1 Å². The lowest BCUT2D eigenvalue weighted by Crippen LogP contribution is -2.50. The van der Waals surface area contributed by atoms with E-state index in [0.717, 1.165) is 0 Å². The maximum absolute atomic E-state index is 12.0. The molecule has 134 valence electrons. The molecule has 0 N–H and O–H groups in total. The topological polar surface area (TPSA) is 88.1 Å². The molecule has 23 heavy (non-hydrogen) atoms. The van der Waals surface area contributed by atoms with E-state index < -0.39 is 35.0 Å². The molecule has 0 bridgehead atoms. The molecule has 0 heterocycles. The van der Waals surface area contributed by atoms with Crippen molar-refractivity contribution in [3.8, 4) is 0 Å². The van der Waals surface area contributed by atoms with Gasteiger partial charge in [0.2, 0.25) is 6.16 Å². The second-order valence-electron chi connectivity index (χ2n) is 6.71. The number of carbonyl (C=O) groups excluding carboxylic acids is 2. The molecule has 0 saturated heterocycles. The van der Waals surface area contributed by atoms with E-state index in [-0.39, 0.29) is 23.4 Å². The van der Waals surface area contributed by atoms with Gasteiger partial charge < -0.3 is 9.16 Å². The summed E-state index contributed by atoms with van der Waals surface area (Å²) in [5.41, 5.74) is 0. The van der Waals surface area contributed by atoms with Gasteiger partial charge >= 0.3 is 14.4 Å². The fourth-order valence-electron chi connectivity index (χ4n) is 1.67. The standard InChI is InChI=1S/C14H27O7PSi/c1-14(2,3)23(6,7)21-11(8-10(15)9-22-17)12(18-4)13(16)20-19-5/h11-12H,8-9H2,1-7H3/p+1/t11-,12?/m1/s1. The predicted octanol–water partition coefficient (Wildman–Crippen LogP) is 2.48. The molecule has 0 amide bonds. The zero-order valence-electron chi connectivity index (χ0n) is 14.9. The van der Waals surface area contributed by atoms with Crippen molar-refractivity contribution in [3.05, 3.63) is 0 Å². The van der Waals surface area contributed by atoms with Crippen LogP contribution in [0.1, 0.15) is 27.2 Å². The van der Waals surface area contributed by atoms with Gasteiger partial charge in [-0.05, 0) is 18.1 Å². The Morgan fingerprint density at radius 1 is 1.17 bits per heavy atom. The van der Waals surface area contributed by atoms with Gasteiger partial charge in [0.05, 0.1) is 13.2 Å². The summed E-state index contributed by atoms with van der Waals surface area (Å²) in [7, 11) is -0.441. The molecule has 0 aromatic carbocycles. The zero-order valence-corrected chi connectivity index (χ0v) is 16.9. The minimum Gasteiger partial charge on any atom is -0.410 e. The Balaban J connectivity index is 5.40. The molecule has 7 nitrogen and oxygen atoms in total. The van der Waals surface area contributed by atoms with Crippen LogP contribution in [-0.2, 0) is 33.1 Å². The molecule has 0 aliphatic carbocycles.